The van der Waals surface area contributed by atoms with Crippen molar-refractivity contribution in [2.24, 2.45) is 5.11 Å². The summed E-state index contributed by atoms with van der Waals surface area (Å²) in [5.74, 6) is -0.426. The molecule has 0 heterocycles. The molecule has 0 saturated heterocycles. The Kier molecular flexibility index (Phi) is 3.89. The first-order chi connectivity index (χ1) is 7.44. The number of rotatable bonds is 4. The van der Waals surface area contributed by atoms with Crippen LogP contribution >= 0.6 is 10.7 Å². The van der Waals surface area contributed by atoms with Gasteiger partial charge in [0.2, 0.25) is 9.05 Å². The molecule has 16 heavy (non-hydrogen) atoms. The van der Waals surface area contributed by atoms with Gasteiger partial charge in [-0.3, -0.25) is 4.79 Å². The number of carbonyl (C=O) groups excluding carboxylic acids is 1. The quantitative estimate of drug-likeness (QED) is 0.273. The van der Waals surface area contributed by atoms with Crippen molar-refractivity contribution in [3.63, 3.8) is 0 Å². The highest BCUT2D eigenvalue weighted by atomic mass is 35.7. The van der Waals surface area contributed by atoms with E-state index < -0.39 is 14.8 Å². The van der Waals surface area contributed by atoms with Gasteiger partial charge in [0.25, 0.3) is 0 Å². The third-order valence-corrected chi connectivity index (χ3v) is 2.64. The molecule has 0 bridgehead atoms. The maximum absolute atomic E-state index is 10.8. The first kappa shape index (κ1) is 12.5. The van der Waals surface area contributed by atoms with Gasteiger partial charge in [0.05, 0.1) is 5.75 Å². The van der Waals surface area contributed by atoms with Gasteiger partial charge in [-0.05, 0) is 29.3 Å². The Bertz CT molecular complexity index is 564. The number of hydrogen-bond donors (Lipinski definition) is 0. The molecule has 0 N–H and O–H groups in total. The van der Waals surface area contributed by atoms with Gasteiger partial charge in [-0.25, -0.2) is 8.42 Å². The molecule has 0 unspecified atom stereocenters. The first-order valence-electron chi connectivity index (χ1n) is 4.01. The van der Waals surface area contributed by atoms with E-state index in [9.17, 15) is 13.2 Å². The predicted octanol–water partition coefficient (Wildman–Crippen LogP) is 2.51. The van der Waals surface area contributed by atoms with Gasteiger partial charge in [-0.1, -0.05) is 5.11 Å². The minimum atomic E-state index is -3.71. The van der Waals surface area contributed by atoms with E-state index in [4.69, 9.17) is 16.2 Å². The lowest BCUT2D eigenvalue weighted by Gasteiger charge is -2.01. The molecular formula is C8H6ClN3O3S. The highest BCUT2D eigenvalue weighted by Crippen LogP contribution is 2.20. The molecule has 1 aromatic rings. The van der Waals surface area contributed by atoms with Crippen LogP contribution in [0.2, 0.25) is 0 Å². The van der Waals surface area contributed by atoms with E-state index >= 15 is 0 Å². The molecule has 0 aromatic heterocycles. The van der Waals surface area contributed by atoms with Crippen LogP contribution in [0.4, 0.5) is 5.69 Å². The second-order valence-electron chi connectivity index (χ2n) is 2.92. The Morgan fingerprint density at radius 2 is 2.12 bits per heavy atom. The number of aldehydes is 1. The Balaban J connectivity index is 3.24. The molecule has 0 saturated carbocycles. The van der Waals surface area contributed by atoms with Gasteiger partial charge in [0, 0.05) is 26.8 Å². The highest BCUT2D eigenvalue weighted by Gasteiger charge is 2.08. The van der Waals surface area contributed by atoms with E-state index in [1.807, 2.05) is 0 Å². The van der Waals surface area contributed by atoms with Gasteiger partial charge in [0.15, 0.2) is 0 Å². The number of halogens is 1. The minimum absolute atomic E-state index is 0.169. The van der Waals surface area contributed by atoms with Crippen LogP contribution in [0.3, 0.4) is 0 Å². The van der Waals surface area contributed by atoms with Crippen LogP contribution in [-0.2, 0) is 14.8 Å². The average molecular weight is 260 g/mol. The molecule has 0 fully saturated rings. The molecule has 0 aliphatic rings. The molecule has 0 spiro atoms. The smallest absolute Gasteiger partial charge is 0.236 e. The predicted molar refractivity (Wildman–Crippen MR) is 59.1 cm³/mol. The van der Waals surface area contributed by atoms with Crippen LogP contribution in [0.1, 0.15) is 15.9 Å². The van der Waals surface area contributed by atoms with Crippen molar-refractivity contribution >= 4 is 31.7 Å². The van der Waals surface area contributed by atoms with Crippen molar-refractivity contribution in [2.45, 2.75) is 5.75 Å². The van der Waals surface area contributed by atoms with Crippen molar-refractivity contribution in [3.05, 3.63) is 39.8 Å². The topological polar surface area (TPSA) is 100.0 Å². The van der Waals surface area contributed by atoms with E-state index in [1.165, 1.54) is 18.2 Å². The molecule has 0 aliphatic carbocycles. The van der Waals surface area contributed by atoms with Crippen molar-refractivity contribution in [2.75, 3.05) is 0 Å². The average Bonchev–Trinajstić information content (AvgIpc) is 2.15. The Morgan fingerprint density at radius 1 is 1.44 bits per heavy atom. The number of hydrogen-bond acceptors (Lipinski definition) is 4. The minimum Gasteiger partial charge on any atom is -0.298 e. The standard InChI is InChI=1S/C8H6ClN3O3S/c9-16(14,15)5-7-1-6(4-13)2-8(3-7)11-12-10/h1-4H,5H2. The third kappa shape index (κ3) is 3.90. The van der Waals surface area contributed by atoms with Crippen molar-refractivity contribution < 1.29 is 13.2 Å². The molecule has 0 amide bonds. The van der Waals surface area contributed by atoms with E-state index in [1.54, 1.807) is 0 Å². The molecule has 0 aliphatic heterocycles. The van der Waals surface area contributed by atoms with Gasteiger partial charge < -0.3 is 0 Å². The number of carbonyl (C=O) groups is 1. The summed E-state index contributed by atoms with van der Waals surface area (Å²) in [6, 6.07) is 4.06. The van der Waals surface area contributed by atoms with Crippen LogP contribution in [0.25, 0.3) is 10.4 Å². The molecule has 0 atom stereocenters. The molecule has 1 rings (SSSR count). The highest BCUT2D eigenvalue weighted by molar-refractivity contribution is 8.13. The van der Waals surface area contributed by atoms with E-state index in [-0.39, 0.29) is 11.3 Å². The SMILES string of the molecule is [N-]=[N+]=Nc1cc(C=O)cc(CS(=O)(=O)Cl)c1. The van der Waals surface area contributed by atoms with Crippen LogP contribution < -0.4 is 0 Å². The Hall–Kier alpha value is -1.56. The monoisotopic (exact) mass is 259 g/mol. The summed E-state index contributed by atoms with van der Waals surface area (Å²) in [4.78, 5) is 13.1. The maximum Gasteiger partial charge on any atom is 0.236 e. The van der Waals surface area contributed by atoms with E-state index in [0.29, 0.717) is 11.8 Å². The first-order valence-corrected chi connectivity index (χ1v) is 6.49. The summed E-state index contributed by atoms with van der Waals surface area (Å²) < 4.78 is 21.7. The summed E-state index contributed by atoms with van der Waals surface area (Å²) in [6.07, 6.45) is 0.529. The number of benzene rings is 1. The molecule has 6 nitrogen and oxygen atoms in total. The van der Waals surface area contributed by atoms with Crippen molar-refractivity contribution in [1.82, 2.24) is 0 Å². The number of nitrogens with zero attached hydrogens (tertiary/aromatic N) is 3. The summed E-state index contributed by atoms with van der Waals surface area (Å²) in [6.45, 7) is 0. The maximum atomic E-state index is 10.8. The third-order valence-electron chi connectivity index (χ3n) is 1.64. The van der Waals surface area contributed by atoms with E-state index in [0.717, 1.165) is 0 Å². The molecule has 0 radical (unpaired) electrons. The summed E-state index contributed by atoms with van der Waals surface area (Å²) >= 11 is 0. The lowest BCUT2D eigenvalue weighted by Crippen LogP contribution is -1.96. The lowest BCUT2D eigenvalue weighted by molar-refractivity contribution is 0.112. The zero-order valence-electron chi connectivity index (χ0n) is 7.87. The van der Waals surface area contributed by atoms with Gasteiger partial charge in [-0.2, -0.15) is 0 Å². The fourth-order valence-electron chi connectivity index (χ4n) is 1.16. The van der Waals surface area contributed by atoms with Gasteiger partial charge in [0.1, 0.15) is 6.29 Å². The van der Waals surface area contributed by atoms with Crippen LogP contribution in [-0.4, -0.2) is 14.7 Å². The Labute approximate surface area is 95.9 Å². The molecule has 8 heteroatoms. The summed E-state index contributed by atoms with van der Waals surface area (Å²) in [5.41, 5.74) is 8.92. The van der Waals surface area contributed by atoms with E-state index in [2.05, 4.69) is 10.0 Å². The lowest BCUT2D eigenvalue weighted by atomic mass is 10.1. The zero-order chi connectivity index (χ0) is 12.2. The molecule has 1 aromatic carbocycles. The van der Waals surface area contributed by atoms with Crippen LogP contribution in [0, 0.1) is 0 Å². The largest absolute Gasteiger partial charge is 0.298 e. The Morgan fingerprint density at radius 3 is 2.62 bits per heavy atom. The van der Waals surface area contributed by atoms with Gasteiger partial charge in [-0.15, -0.1) is 0 Å². The summed E-state index contributed by atoms with van der Waals surface area (Å²) in [5, 5.41) is 3.29. The fraction of sp³-hybridized carbons (Fsp3) is 0.125. The fourth-order valence-corrected chi connectivity index (χ4v) is 2.10. The second kappa shape index (κ2) is 4.98. The summed E-state index contributed by atoms with van der Waals surface area (Å²) in [7, 11) is 1.36. The van der Waals surface area contributed by atoms with Crippen LogP contribution in [0.15, 0.2) is 23.3 Å². The van der Waals surface area contributed by atoms with Crippen LogP contribution in [0.5, 0.6) is 0 Å². The zero-order valence-corrected chi connectivity index (χ0v) is 9.44. The normalized spacial score (nSPS) is 10.6. The van der Waals surface area contributed by atoms with Gasteiger partial charge >= 0.3 is 0 Å². The van der Waals surface area contributed by atoms with Crippen molar-refractivity contribution in [1.29, 1.82) is 0 Å². The molecule has 84 valence electrons. The number of azide groups is 1. The second-order valence-corrected chi connectivity index (χ2v) is 5.70. The molecular weight excluding hydrogens is 254 g/mol. The van der Waals surface area contributed by atoms with Crippen molar-refractivity contribution in [3.8, 4) is 0 Å².